The number of para-hydroxylation sites is 1. The third kappa shape index (κ3) is 5.18. The van der Waals surface area contributed by atoms with Crippen LogP contribution < -0.4 is 15.8 Å². The first kappa shape index (κ1) is 18.2. The Bertz CT molecular complexity index is 745. The second-order valence-electron chi connectivity index (χ2n) is 6.02. The van der Waals surface area contributed by atoms with Crippen LogP contribution in [0.25, 0.3) is 0 Å². The van der Waals surface area contributed by atoms with Crippen molar-refractivity contribution in [2.75, 3.05) is 25.6 Å². The molecule has 1 aromatic heterocycles. The summed E-state index contributed by atoms with van der Waals surface area (Å²) in [4.78, 5) is 8.64. The topological polar surface area (TPSA) is 91.0 Å². The molecular weight excluding hydrogens is 332 g/mol. The number of aromatic nitrogens is 1. The lowest BCUT2D eigenvalue weighted by molar-refractivity contribution is 0.138. The molecule has 3 N–H and O–H groups in total. The largest absolute Gasteiger partial charge is 0.472 e. The number of nitrogens with one attached hydrogen (secondary N) is 1. The van der Waals surface area contributed by atoms with Crippen molar-refractivity contribution in [2.24, 2.45) is 10.7 Å². The number of benzene rings is 1. The first-order valence-corrected chi connectivity index (χ1v) is 8.57. The molecular formula is C19H24N4O3. The van der Waals surface area contributed by atoms with E-state index in [4.69, 9.17) is 19.9 Å². The zero-order valence-electron chi connectivity index (χ0n) is 14.9. The van der Waals surface area contributed by atoms with E-state index < -0.39 is 0 Å². The molecule has 7 heteroatoms. The second kappa shape index (κ2) is 9.17. The Morgan fingerprint density at radius 2 is 2.27 bits per heavy atom. The molecule has 138 valence electrons. The third-order valence-corrected chi connectivity index (χ3v) is 3.99. The van der Waals surface area contributed by atoms with Gasteiger partial charge in [-0.25, -0.2) is 9.98 Å². The summed E-state index contributed by atoms with van der Waals surface area (Å²) in [6, 6.07) is 11.6. The highest BCUT2D eigenvalue weighted by molar-refractivity contribution is 5.92. The van der Waals surface area contributed by atoms with E-state index >= 15 is 0 Å². The molecule has 1 unspecified atom stereocenters. The summed E-state index contributed by atoms with van der Waals surface area (Å²) in [7, 11) is 1.66. The van der Waals surface area contributed by atoms with Gasteiger partial charge in [-0.15, -0.1) is 0 Å². The van der Waals surface area contributed by atoms with E-state index in [0.717, 1.165) is 29.8 Å². The third-order valence-electron chi connectivity index (χ3n) is 3.99. The number of anilines is 1. The number of methoxy groups -OCH3 is 1. The van der Waals surface area contributed by atoms with Gasteiger partial charge in [-0.2, -0.15) is 0 Å². The predicted octanol–water partition coefficient (Wildman–Crippen LogP) is 2.32. The number of hydrogen-bond donors (Lipinski definition) is 2. The van der Waals surface area contributed by atoms with Crippen LogP contribution in [0.3, 0.4) is 0 Å². The summed E-state index contributed by atoms with van der Waals surface area (Å²) in [5, 5.41) is 3.12. The second-order valence-corrected chi connectivity index (χ2v) is 6.02. The summed E-state index contributed by atoms with van der Waals surface area (Å²) in [6.07, 6.45) is 2.68. The van der Waals surface area contributed by atoms with Crippen molar-refractivity contribution in [1.29, 1.82) is 0 Å². The maximum absolute atomic E-state index is 6.02. The van der Waals surface area contributed by atoms with Gasteiger partial charge in [-0.05, 0) is 17.7 Å². The van der Waals surface area contributed by atoms with Crippen molar-refractivity contribution in [2.45, 2.75) is 25.7 Å². The molecule has 0 radical (unpaired) electrons. The standard InChI is InChI=1S/C19H24N4O3/c1-24-12-15-4-2-3-5-17(15)23-19(20)22-11-14-6-8-21-18(10-14)26-16-7-9-25-13-16/h2-6,8,10,16H,7,9,11-13H2,1H3,(H3,20,22,23). The Morgan fingerprint density at radius 3 is 3.08 bits per heavy atom. The van der Waals surface area contributed by atoms with Crippen LogP contribution in [0.1, 0.15) is 17.5 Å². The molecule has 1 aliphatic heterocycles. The van der Waals surface area contributed by atoms with Crippen LogP contribution in [-0.2, 0) is 22.6 Å². The van der Waals surface area contributed by atoms with Gasteiger partial charge >= 0.3 is 0 Å². The average Bonchev–Trinajstić information content (AvgIpc) is 3.15. The number of ether oxygens (including phenoxy) is 3. The van der Waals surface area contributed by atoms with Gasteiger partial charge in [0.25, 0.3) is 0 Å². The fourth-order valence-corrected chi connectivity index (χ4v) is 2.67. The normalized spacial score (nSPS) is 17.3. The van der Waals surface area contributed by atoms with Crippen molar-refractivity contribution in [3.05, 3.63) is 53.7 Å². The molecule has 1 aromatic carbocycles. The van der Waals surface area contributed by atoms with Crippen LogP contribution in [0, 0.1) is 0 Å². The van der Waals surface area contributed by atoms with E-state index in [9.17, 15) is 0 Å². The molecule has 1 atom stereocenters. The minimum Gasteiger partial charge on any atom is -0.472 e. The number of guanidine groups is 1. The maximum atomic E-state index is 6.02. The maximum Gasteiger partial charge on any atom is 0.213 e. The quantitative estimate of drug-likeness (QED) is 0.584. The van der Waals surface area contributed by atoms with Gasteiger partial charge in [0.1, 0.15) is 6.10 Å². The van der Waals surface area contributed by atoms with Gasteiger partial charge in [-0.3, -0.25) is 0 Å². The molecule has 7 nitrogen and oxygen atoms in total. The Balaban J connectivity index is 1.60. The van der Waals surface area contributed by atoms with E-state index in [0.29, 0.717) is 31.6 Å². The highest BCUT2D eigenvalue weighted by atomic mass is 16.5. The smallest absolute Gasteiger partial charge is 0.213 e. The molecule has 26 heavy (non-hydrogen) atoms. The predicted molar refractivity (Wildman–Crippen MR) is 100 cm³/mol. The van der Waals surface area contributed by atoms with E-state index in [-0.39, 0.29) is 6.10 Å². The highest BCUT2D eigenvalue weighted by Crippen LogP contribution is 2.17. The zero-order valence-corrected chi connectivity index (χ0v) is 14.9. The zero-order chi connectivity index (χ0) is 18.2. The van der Waals surface area contributed by atoms with Crippen molar-refractivity contribution >= 4 is 11.6 Å². The van der Waals surface area contributed by atoms with Crippen LogP contribution >= 0.6 is 0 Å². The molecule has 2 aromatic rings. The Morgan fingerprint density at radius 1 is 1.38 bits per heavy atom. The van der Waals surface area contributed by atoms with Gasteiger partial charge in [0.15, 0.2) is 5.96 Å². The van der Waals surface area contributed by atoms with E-state index in [2.05, 4.69) is 15.3 Å². The van der Waals surface area contributed by atoms with Gasteiger partial charge in [0.05, 0.1) is 26.4 Å². The number of pyridine rings is 1. The first-order chi connectivity index (χ1) is 12.7. The molecule has 0 spiro atoms. The lowest BCUT2D eigenvalue weighted by atomic mass is 10.2. The molecule has 0 bridgehead atoms. The fourth-order valence-electron chi connectivity index (χ4n) is 2.67. The summed E-state index contributed by atoms with van der Waals surface area (Å²) < 4.78 is 16.3. The van der Waals surface area contributed by atoms with Crippen molar-refractivity contribution in [3.63, 3.8) is 0 Å². The molecule has 3 rings (SSSR count). The van der Waals surface area contributed by atoms with E-state index in [1.165, 1.54) is 0 Å². The number of nitrogens with zero attached hydrogens (tertiary/aromatic N) is 2. The Labute approximate surface area is 153 Å². The van der Waals surface area contributed by atoms with Crippen molar-refractivity contribution in [1.82, 2.24) is 4.98 Å². The van der Waals surface area contributed by atoms with Crippen LogP contribution in [-0.4, -0.2) is 37.4 Å². The summed E-state index contributed by atoms with van der Waals surface area (Å²) in [5.74, 6) is 0.933. The van der Waals surface area contributed by atoms with Crippen LogP contribution in [0.5, 0.6) is 5.88 Å². The molecule has 1 saturated heterocycles. The summed E-state index contributed by atoms with van der Waals surface area (Å²) in [6.45, 7) is 2.29. The van der Waals surface area contributed by atoms with Gasteiger partial charge in [0.2, 0.25) is 5.88 Å². The first-order valence-electron chi connectivity index (χ1n) is 8.57. The van der Waals surface area contributed by atoms with Crippen LogP contribution in [0.4, 0.5) is 5.69 Å². The van der Waals surface area contributed by atoms with Gasteiger partial charge in [-0.1, -0.05) is 18.2 Å². The molecule has 1 fully saturated rings. The summed E-state index contributed by atoms with van der Waals surface area (Å²) >= 11 is 0. The number of hydrogen-bond acceptors (Lipinski definition) is 5. The minimum absolute atomic E-state index is 0.0743. The van der Waals surface area contributed by atoms with Gasteiger partial charge in [0, 0.05) is 37.0 Å². The molecule has 1 aliphatic rings. The monoisotopic (exact) mass is 356 g/mol. The fraction of sp³-hybridized carbons (Fsp3) is 0.368. The minimum atomic E-state index is 0.0743. The van der Waals surface area contributed by atoms with E-state index in [1.807, 2.05) is 36.4 Å². The average molecular weight is 356 g/mol. The SMILES string of the molecule is COCc1ccccc1NC(N)=NCc1ccnc(OC2CCOC2)c1. The van der Waals surface area contributed by atoms with Crippen molar-refractivity contribution in [3.8, 4) is 5.88 Å². The molecule has 2 heterocycles. The molecule has 0 aliphatic carbocycles. The Hall–Kier alpha value is -2.64. The summed E-state index contributed by atoms with van der Waals surface area (Å²) in [5.41, 5.74) is 8.90. The van der Waals surface area contributed by atoms with Gasteiger partial charge < -0.3 is 25.3 Å². The lowest BCUT2D eigenvalue weighted by Crippen LogP contribution is -2.23. The number of aliphatic imine (C=N–C) groups is 1. The Kier molecular flexibility index (Phi) is 6.40. The van der Waals surface area contributed by atoms with E-state index in [1.54, 1.807) is 13.3 Å². The molecule has 0 saturated carbocycles. The lowest BCUT2D eigenvalue weighted by Gasteiger charge is -2.12. The van der Waals surface area contributed by atoms with Crippen molar-refractivity contribution < 1.29 is 14.2 Å². The van der Waals surface area contributed by atoms with Crippen LogP contribution in [0.15, 0.2) is 47.6 Å². The number of rotatable bonds is 7. The highest BCUT2D eigenvalue weighted by Gasteiger charge is 2.17. The molecule has 0 amide bonds. The van der Waals surface area contributed by atoms with Crippen LogP contribution in [0.2, 0.25) is 0 Å². The number of nitrogens with two attached hydrogens (primary N) is 1.